The summed E-state index contributed by atoms with van der Waals surface area (Å²) in [7, 11) is 1.43. The Morgan fingerprint density at radius 3 is 2.37 bits per heavy atom. The second-order valence-electron chi connectivity index (χ2n) is 3.92. The molecule has 0 aliphatic carbocycles. The quantitative estimate of drug-likeness (QED) is 0.928. The molecule has 1 N–H and O–H groups in total. The van der Waals surface area contributed by atoms with E-state index in [1.54, 1.807) is 18.2 Å². The molecule has 0 fully saturated rings. The van der Waals surface area contributed by atoms with Crippen LogP contribution in [0.4, 0.5) is 8.78 Å². The fraction of sp³-hybridized carbons (Fsp3) is 0.143. The van der Waals surface area contributed by atoms with Crippen molar-refractivity contribution in [2.24, 2.45) is 0 Å². The standard InChI is InChI=1S/C14H11BrF2O2/c1-19-12-7-8(15)5-6-9(12)14(18)13-10(16)3-2-4-11(13)17/h2-7,14,18H,1H3. The molecule has 0 bridgehead atoms. The Balaban J connectivity index is 2.53. The van der Waals surface area contributed by atoms with E-state index in [0.717, 1.165) is 16.6 Å². The number of ether oxygens (including phenoxy) is 1. The molecule has 0 radical (unpaired) electrons. The van der Waals surface area contributed by atoms with E-state index < -0.39 is 17.7 Å². The van der Waals surface area contributed by atoms with Crippen molar-refractivity contribution < 1.29 is 18.6 Å². The SMILES string of the molecule is COc1cc(Br)ccc1C(O)c1c(F)cccc1F. The van der Waals surface area contributed by atoms with Gasteiger partial charge in [-0.05, 0) is 24.3 Å². The number of benzene rings is 2. The summed E-state index contributed by atoms with van der Waals surface area (Å²) in [6, 6.07) is 8.30. The lowest BCUT2D eigenvalue weighted by molar-refractivity contribution is 0.204. The third-order valence-corrected chi connectivity index (χ3v) is 3.26. The topological polar surface area (TPSA) is 29.5 Å². The molecule has 5 heteroatoms. The molecule has 0 aromatic heterocycles. The molecule has 2 rings (SSSR count). The molecular formula is C14H11BrF2O2. The summed E-state index contributed by atoms with van der Waals surface area (Å²) >= 11 is 3.26. The highest BCUT2D eigenvalue weighted by Gasteiger charge is 2.22. The van der Waals surface area contributed by atoms with E-state index in [-0.39, 0.29) is 5.56 Å². The molecular weight excluding hydrogens is 318 g/mol. The van der Waals surface area contributed by atoms with Gasteiger partial charge in [0, 0.05) is 10.0 Å². The molecule has 2 aromatic carbocycles. The lowest BCUT2D eigenvalue weighted by Crippen LogP contribution is -2.07. The largest absolute Gasteiger partial charge is 0.496 e. The zero-order valence-corrected chi connectivity index (χ0v) is 11.6. The molecule has 0 spiro atoms. The van der Waals surface area contributed by atoms with Gasteiger partial charge in [0.1, 0.15) is 23.5 Å². The number of aliphatic hydroxyl groups is 1. The first kappa shape index (κ1) is 14.0. The summed E-state index contributed by atoms with van der Waals surface area (Å²) in [6.07, 6.45) is -1.43. The second kappa shape index (κ2) is 5.67. The van der Waals surface area contributed by atoms with Crippen molar-refractivity contribution >= 4 is 15.9 Å². The van der Waals surface area contributed by atoms with Crippen LogP contribution in [-0.4, -0.2) is 12.2 Å². The number of methoxy groups -OCH3 is 1. The summed E-state index contributed by atoms with van der Waals surface area (Å²) in [5.74, 6) is -1.24. The summed E-state index contributed by atoms with van der Waals surface area (Å²) < 4.78 is 33.2. The Morgan fingerprint density at radius 2 is 1.79 bits per heavy atom. The van der Waals surface area contributed by atoms with Gasteiger partial charge in [0.15, 0.2) is 0 Å². The minimum absolute atomic E-state index is 0.301. The van der Waals surface area contributed by atoms with E-state index in [1.807, 2.05) is 0 Å². The maximum Gasteiger partial charge on any atom is 0.132 e. The van der Waals surface area contributed by atoms with E-state index >= 15 is 0 Å². The van der Waals surface area contributed by atoms with Gasteiger partial charge in [0.25, 0.3) is 0 Å². The molecule has 1 atom stereocenters. The highest BCUT2D eigenvalue weighted by Crippen LogP contribution is 2.34. The average Bonchev–Trinajstić information content (AvgIpc) is 2.38. The van der Waals surface area contributed by atoms with Gasteiger partial charge in [-0.3, -0.25) is 0 Å². The van der Waals surface area contributed by atoms with Gasteiger partial charge < -0.3 is 9.84 Å². The van der Waals surface area contributed by atoms with Gasteiger partial charge in [-0.15, -0.1) is 0 Å². The van der Waals surface area contributed by atoms with Crippen molar-refractivity contribution in [1.29, 1.82) is 0 Å². The number of halogens is 3. The molecule has 0 saturated carbocycles. The van der Waals surface area contributed by atoms with Crippen molar-refractivity contribution in [2.45, 2.75) is 6.10 Å². The van der Waals surface area contributed by atoms with Gasteiger partial charge in [-0.1, -0.05) is 28.1 Å². The Hall–Kier alpha value is -1.46. The zero-order chi connectivity index (χ0) is 14.0. The minimum Gasteiger partial charge on any atom is -0.496 e. The average molecular weight is 329 g/mol. The lowest BCUT2D eigenvalue weighted by Gasteiger charge is -2.16. The van der Waals surface area contributed by atoms with Crippen LogP contribution in [0.3, 0.4) is 0 Å². The van der Waals surface area contributed by atoms with Crippen molar-refractivity contribution in [2.75, 3.05) is 7.11 Å². The van der Waals surface area contributed by atoms with E-state index in [2.05, 4.69) is 15.9 Å². The normalized spacial score (nSPS) is 12.3. The Labute approximate surface area is 117 Å². The minimum atomic E-state index is -1.43. The Kier molecular flexibility index (Phi) is 4.17. The predicted molar refractivity (Wildman–Crippen MR) is 71.1 cm³/mol. The van der Waals surface area contributed by atoms with E-state index in [9.17, 15) is 13.9 Å². The van der Waals surface area contributed by atoms with E-state index in [4.69, 9.17) is 4.74 Å². The van der Waals surface area contributed by atoms with Crippen LogP contribution in [0.1, 0.15) is 17.2 Å². The van der Waals surface area contributed by atoms with Gasteiger partial charge in [0.05, 0.1) is 12.7 Å². The fourth-order valence-corrected chi connectivity index (χ4v) is 2.18. The maximum absolute atomic E-state index is 13.7. The smallest absolute Gasteiger partial charge is 0.132 e. The van der Waals surface area contributed by atoms with Crippen LogP contribution in [0, 0.1) is 11.6 Å². The highest BCUT2D eigenvalue weighted by molar-refractivity contribution is 9.10. The summed E-state index contributed by atoms with van der Waals surface area (Å²) in [5.41, 5.74) is -0.0853. The van der Waals surface area contributed by atoms with Gasteiger partial charge in [-0.2, -0.15) is 0 Å². The third-order valence-electron chi connectivity index (χ3n) is 2.76. The summed E-state index contributed by atoms with van der Waals surface area (Å²) in [6.45, 7) is 0. The first-order chi connectivity index (χ1) is 9.04. The number of hydrogen-bond acceptors (Lipinski definition) is 2. The molecule has 19 heavy (non-hydrogen) atoms. The van der Waals surface area contributed by atoms with Crippen LogP contribution in [0.5, 0.6) is 5.75 Å². The zero-order valence-electron chi connectivity index (χ0n) is 10.0. The van der Waals surface area contributed by atoms with E-state index in [0.29, 0.717) is 11.3 Å². The van der Waals surface area contributed by atoms with Crippen molar-refractivity contribution in [1.82, 2.24) is 0 Å². The Morgan fingerprint density at radius 1 is 1.16 bits per heavy atom. The highest BCUT2D eigenvalue weighted by atomic mass is 79.9. The summed E-state index contributed by atoms with van der Waals surface area (Å²) in [4.78, 5) is 0. The molecule has 0 saturated heterocycles. The van der Waals surface area contributed by atoms with Crippen LogP contribution in [0.25, 0.3) is 0 Å². The van der Waals surface area contributed by atoms with Crippen LogP contribution in [-0.2, 0) is 0 Å². The van der Waals surface area contributed by atoms with Crippen LogP contribution < -0.4 is 4.74 Å². The number of aliphatic hydroxyl groups excluding tert-OH is 1. The lowest BCUT2D eigenvalue weighted by atomic mass is 9.99. The van der Waals surface area contributed by atoms with Crippen molar-refractivity contribution in [3.8, 4) is 5.75 Å². The van der Waals surface area contributed by atoms with E-state index in [1.165, 1.54) is 13.2 Å². The Bertz CT molecular complexity index is 582. The van der Waals surface area contributed by atoms with Crippen LogP contribution in [0.15, 0.2) is 40.9 Å². The molecule has 0 aliphatic rings. The van der Waals surface area contributed by atoms with Crippen molar-refractivity contribution in [3.63, 3.8) is 0 Å². The van der Waals surface area contributed by atoms with Gasteiger partial charge in [-0.25, -0.2) is 8.78 Å². The molecule has 0 aliphatic heterocycles. The molecule has 100 valence electrons. The molecule has 0 heterocycles. The molecule has 1 unspecified atom stereocenters. The van der Waals surface area contributed by atoms with Crippen molar-refractivity contribution in [3.05, 3.63) is 63.6 Å². The van der Waals surface area contributed by atoms with Gasteiger partial charge >= 0.3 is 0 Å². The van der Waals surface area contributed by atoms with Gasteiger partial charge in [0.2, 0.25) is 0 Å². The third kappa shape index (κ3) is 2.77. The summed E-state index contributed by atoms with van der Waals surface area (Å²) in [5, 5.41) is 10.2. The molecule has 0 amide bonds. The second-order valence-corrected chi connectivity index (χ2v) is 4.84. The first-order valence-corrected chi connectivity index (χ1v) is 6.29. The number of hydrogen-bond donors (Lipinski definition) is 1. The number of rotatable bonds is 3. The predicted octanol–water partition coefficient (Wildman–Crippen LogP) is 3.82. The molecule has 2 nitrogen and oxygen atoms in total. The van der Waals surface area contributed by atoms with Crippen LogP contribution >= 0.6 is 15.9 Å². The fourth-order valence-electron chi connectivity index (χ4n) is 1.84. The maximum atomic E-state index is 13.7. The van der Waals surface area contributed by atoms with Crippen LogP contribution in [0.2, 0.25) is 0 Å². The monoisotopic (exact) mass is 328 g/mol. The first-order valence-electron chi connectivity index (χ1n) is 5.50. The molecule has 2 aromatic rings.